The minimum Gasteiger partial charge on any atom is -0.337 e. The Labute approximate surface area is 140 Å². The monoisotopic (exact) mass is 331 g/mol. The fraction of sp³-hybridized carbons (Fsp3) is 0.389. The summed E-state index contributed by atoms with van der Waals surface area (Å²) in [5, 5.41) is 4.15. The molecule has 0 saturated heterocycles. The summed E-state index contributed by atoms with van der Waals surface area (Å²) < 4.78 is 15.3. The van der Waals surface area contributed by atoms with Gasteiger partial charge in [-0.1, -0.05) is 25.5 Å². The summed E-state index contributed by atoms with van der Waals surface area (Å²) >= 11 is 0. The highest BCUT2D eigenvalue weighted by atomic mass is 19.1. The number of para-hydroxylation sites is 1. The molecule has 0 fully saturated rings. The van der Waals surface area contributed by atoms with Crippen molar-refractivity contribution in [1.82, 2.24) is 14.7 Å². The maximum absolute atomic E-state index is 14.0. The molecule has 0 unspecified atom stereocenters. The number of amides is 1. The molecule has 0 N–H and O–H groups in total. The Morgan fingerprint density at radius 2 is 2.00 bits per heavy atom. The average Bonchev–Trinajstić information content (AvgIpc) is 2.56. The summed E-state index contributed by atoms with van der Waals surface area (Å²) in [6.07, 6.45) is 1.80. The van der Waals surface area contributed by atoms with Gasteiger partial charge >= 0.3 is 0 Å². The van der Waals surface area contributed by atoms with E-state index in [0.717, 1.165) is 12.8 Å². The van der Waals surface area contributed by atoms with Crippen LogP contribution in [0.5, 0.6) is 0 Å². The van der Waals surface area contributed by atoms with E-state index in [2.05, 4.69) is 5.10 Å². The van der Waals surface area contributed by atoms with Crippen LogP contribution < -0.4 is 5.43 Å². The van der Waals surface area contributed by atoms with E-state index >= 15 is 0 Å². The van der Waals surface area contributed by atoms with Crippen LogP contribution in [-0.2, 0) is 0 Å². The van der Waals surface area contributed by atoms with Crippen molar-refractivity contribution in [2.45, 2.75) is 33.6 Å². The molecule has 1 heterocycles. The van der Waals surface area contributed by atoms with Crippen molar-refractivity contribution in [3.05, 3.63) is 57.8 Å². The highest BCUT2D eigenvalue weighted by Crippen LogP contribution is 2.13. The molecule has 5 nitrogen and oxygen atoms in total. The van der Waals surface area contributed by atoms with Crippen LogP contribution in [0.25, 0.3) is 5.69 Å². The lowest BCUT2D eigenvalue weighted by atomic mass is 10.2. The summed E-state index contributed by atoms with van der Waals surface area (Å²) in [7, 11) is 0. The SMILES string of the molecule is CCCCN(CC)C(=O)c1nn(-c2ccccc2F)c(C)cc1=O. The number of aryl methyl sites for hydroxylation is 1. The van der Waals surface area contributed by atoms with Crippen molar-refractivity contribution in [2.24, 2.45) is 0 Å². The number of aromatic nitrogens is 2. The number of halogens is 1. The summed E-state index contributed by atoms with van der Waals surface area (Å²) in [6, 6.07) is 7.45. The first kappa shape index (κ1) is 17.8. The minimum absolute atomic E-state index is 0.179. The van der Waals surface area contributed by atoms with Gasteiger partial charge < -0.3 is 4.90 Å². The van der Waals surface area contributed by atoms with Crippen molar-refractivity contribution in [2.75, 3.05) is 13.1 Å². The Balaban J connectivity index is 2.49. The summed E-state index contributed by atoms with van der Waals surface area (Å²) in [5.74, 6) is -0.880. The third kappa shape index (κ3) is 3.69. The zero-order valence-electron chi connectivity index (χ0n) is 14.3. The molecule has 6 heteroatoms. The summed E-state index contributed by atoms with van der Waals surface area (Å²) in [5.41, 5.74) is 0.0563. The lowest BCUT2D eigenvalue weighted by Crippen LogP contribution is -2.36. The van der Waals surface area contributed by atoms with Gasteiger partial charge in [-0.05, 0) is 32.4 Å². The second kappa shape index (κ2) is 7.86. The van der Waals surface area contributed by atoms with Crippen LogP contribution in [0, 0.1) is 12.7 Å². The molecule has 1 aromatic heterocycles. The molecule has 0 aliphatic rings. The summed E-state index contributed by atoms with van der Waals surface area (Å²) in [4.78, 5) is 26.5. The van der Waals surface area contributed by atoms with Gasteiger partial charge in [-0.3, -0.25) is 9.59 Å². The molecule has 0 bridgehead atoms. The highest BCUT2D eigenvalue weighted by Gasteiger charge is 2.21. The largest absolute Gasteiger partial charge is 0.337 e. The quantitative estimate of drug-likeness (QED) is 0.818. The first-order chi connectivity index (χ1) is 11.5. The molecule has 128 valence electrons. The lowest BCUT2D eigenvalue weighted by Gasteiger charge is -2.20. The number of carbonyl (C=O) groups is 1. The van der Waals surface area contributed by atoms with E-state index in [-0.39, 0.29) is 11.4 Å². The zero-order valence-corrected chi connectivity index (χ0v) is 14.3. The second-order valence-corrected chi connectivity index (χ2v) is 5.60. The smallest absolute Gasteiger partial charge is 0.278 e. The molecule has 0 saturated carbocycles. The first-order valence-corrected chi connectivity index (χ1v) is 8.14. The first-order valence-electron chi connectivity index (χ1n) is 8.14. The van der Waals surface area contributed by atoms with Crippen LogP contribution in [0.2, 0.25) is 0 Å². The van der Waals surface area contributed by atoms with Gasteiger partial charge in [-0.25, -0.2) is 9.07 Å². The fourth-order valence-electron chi connectivity index (χ4n) is 2.46. The highest BCUT2D eigenvalue weighted by molar-refractivity contribution is 5.92. The van der Waals surface area contributed by atoms with Crippen LogP contribution >= 0.6 is 0 Å². The number of rotatable bonds is 6. The van der Waals surface area contributed by atoms with E-state index in [1.165, 1.54) is 16.8 Å². The molecular formula is C18H22FN3O2. The van der Waals surface area contributed by atoms with Gasteiger partial charge in [0.15, 0.2) is 5.69 Å². The third-order valence-electron chi connectivity index (χ3n) is 3.84. The van der Waals surface area contributed by atoms with Crippen molar-refractivity contribution < 1.29 is 9.18 Å². The van der Waals surface area contributed by atoms with Crippen molar-refractivity contribution in [3.63, 3.8) is 0 Å². The number of benzene rings is 1. The van der Waals surface area contributed by atoms with Crippen LogP contribution in [0.1, 0.15) is 42.9 Å². The van der Waals surface area contributed by atoms with Gasteiger partial charge in [-0.2, -0.15) is 5.10 Å². The minimum atomic E-state index is -0.464. The van der Waals surface area contributed by atoms with Gasteiger partial charge in [0, 0.05) is 24.8 Å². The molecule has 24 heavy (non-hydrogen) atoms. The lowest BCUT2D eigenvalue weighted by molar-refractivity contribution is 0.0753. The average molecular weight is 331 g/mol. The maximum atomic E-state index is 14.0. The van der Waals surface area contributed by atoms with E-state index in [1.54, 1.807) is 30.0 Å². The van der Waals surface area contributed by atoms with E-state index < -0.39 is 17.2 Å². The second-order valence-electron chi connectivity index (χ2n) is 5.60. The maximum Gasteiger partial charge on any atom is 0.278 e. The normalized spacial score (nSPS) is 10.7. The molecule has 0 spiro atoms. The van der Waals surface area contributed by atoms with E-state index in [0.29, 0.717) is 18.8 Å². The van der Waals surface area contributed by atoms with Crippen LogP contribution in [0.4, 0.5) is 4.39 Å². The Bertz CT molecular complexity index is 786. The Hall–Kier alpha value is -2.50. The molecule has 2 aromatic rings. The molecule has 0 radical (unpaired) electrons. The van der Waals surface area contributed by atoms with Crippen LogP contribution in [-0.4, -0.2) is 33.7 Å². The predicted molar refractivity (Wildman–Crippen MR) is 91.0 cm³/mol. The number of hydrogen-bond donors (Lipinski definition) is 0. The van der Waals surface area contributed by atoms with Gasteiger partial charge in [0.1, 0.15) is 11.5 Å². The number of carbonyl (C=O) groups excluding carboxylic acids is 1. The fourth-order valence-corrected chi connectivity index (χ4v) is 2.46. The molecule has 1 amide bonds. The van der Waals surface area contributed by atoms with E-state index in [4.69, 9.17) is 0 Å². The Morgan fingerprint density at radius 3 is 2.62 bits per heavy atom. The zero-order chi connectivity index (χ0) is 17.7. The third-order valence-corrected chi connectivity index (χ3v) is 3.84. The molecular weight excluding hydrogens is 309 g/mol. The van der Waals surface area contributed by atoms with Gasteiger partial charge in [0.25, 0.3) is 5.91 Å². The van der Waals surface area contributed by atoms with E-state index in [1.807, 2.05) is 13.8 Å². The van der Waals surface area contributed by atoms with Crippen molar-refractivity contribution in [1.29, 1.82) is 0 Å². The number of hydrogen-bond acceptors (Lipinski definition) is 3. The molecule has 0 atom stereocenters. The van der Waals surface area contributed by atoms with E-state index in [9.17, 15) is 14.0 Å². The standard InChI is InChI=1S/C18H22FN3O2/c1-4-6-11-21(5-2)18(24)17-16(23)12-13(3)22(20-17)15-10-8-7-9-14(15)19/h7-10,12H,4-6,11H2,1-3H3. The van der Waals surface area contributed by atoms with Gasteiger partial charge in [-0.15, -0.1) is 0 Å². The van der Waals surface area contributed by atoms with Gasteiger partial charge in [0.2, 0.25) is 5.43 Å². The van der Waals surface area contributed by atoms with Gasteiger partial charge in [0.05, 0.1) is 0 Å². The molecule has 2 rings (SSSR count). The van der Waals surface area contributed by atoms with Crippen LogP contribution in [0.15, 0.2) is 35.1 Å². The van der Waals surface area contributed by atoms with Crippen LogP contribution in [0.3, 0.4) is 0 Å². The predicted octanol–water partition coefficient (Wildman–Crippen LogP) is 2.94. The topological polar surface area (TPSA) is 55.2 Å². The molecule has 0 aliphatic heterocycles. The number of nitrogens with zero attached hydrogens (tertiary/aromatic N) is 3. The summed E-state index contributed by atoms with van der Waals surface area (Å²) in [6.45, 7) is 6.61. The van der Waals surface area contributed by atoms with Crippen molar-refractivity contribution in [3.8, 4) is 5.69 Å². The Morgan fingerprint density at radius 1 is 1.29 bits per heavy atom. The Kier molecular flexibility index (Phi) is 5.84. The molecule has 0 aliphatic carbocycles. The van der Waals surface area contributed by atoms with Crippen molar-refractivity contribution >= 4 is 5.91 Å². The molecule has 1 aromatic carbocycles. The number of unbranched alkanes of at least 4 members (excludes halogenated alkanes) is 1.